The molecule has 0 aromatic rings. The van der Waals surface area contributed by atoms with E-state index in [2.05, 4.69) is 0 Å². The van der Waals surface area contributed by atoms with Gasteiger partial charge in [-0.05, 0) is 25.7 Å². The van der Waals surface area contributed by atoms with Crippen molar-refractivity contribution < 1.29 is 13.2 Å². The predicted molar refractivity (Wildman–Crippen MR) is 52.9 cm³/mol. The summed E-state index contributed by atoms with van der Waals surface area (Å²) in [5.41, 5.74) is 5.67. The highest BCUT2D eigenvalue weighted by Crippen LogP contribution is 2.23. The van der Waals surface area contributed by atoms with Gasteiger partial charge in [-0.3, -0.25) is 9.52 Å². The molecule has 1 fully saturated rings. The first-order valence-corrected chi connectivity index (χ1v) is 6.55. The van der Waals surface area contributed by atoms with Crippen molar-refractivity contribution in [1.82, 2.24) is 4.72 Å². The molecule has 0 atom stereocenters. The fraction of sp³-hybridized carbons (Fsp3) is 0.875. The molecular weight excluding hydrogens is 204 g/mol. The van der Waals surface area contributed by atoms with E-state index in [0.29, 0.717) is 12.8 Å². The molecule has 14 heavy (non-hydrogen) atoms. The average molecular weight is 220 g/mol. The lowest BCUT2D eigenvalue weighted by molar-refractivity contribution is -0.124. The van der Waals surface area contributed by atoms with Gasteiger partial charge in [-0.2, -0.15) is 0 Å². The third-order valence-electron chi connectivity index (χ3n) is 2.43. The first kappa shape index (κ1) is 11.5. The first-order chi connectivity index (χ1) is 6.38. The van der Waals surface area contributed by atoms with Crippen molar-refractivity contribution in [3.05, 3.63) is 0 Å². The Kier molecular flexibility index (Phi) is 3.49. The zero-order valence-electron chi connectivity index (χ0n) is 8.19. The van der Waals surface area contributed by atoms with Crippen LogP contribution in [-0.4, -0.2) is 26.6 Å². The van der Waals surface area contributed by atoms with Crippen LogP contribution in [0, 0.1) is 5.92 Å². The summed E-state index contributed by atoms with van der Waals surface area (Å²) >= 11 is 0. The van der Waals surface area contributed by atoms with Crippen LogP contribution in [0.1, 0.15) is 25.7 Å². The van der Waals surface area contributed by atoms with E-state index in [1.807, 2.05) is 4.72 Å². The first-order valence-electron chi connectivity index (χ1n) is 4.65. The van der Waals surface area contributed by atoms with Crippen LogP contribution in [0.2, 0.25) is 0 Å². The minimum absolute atomic E-state index is 0.164. The van der Waals surface area contributed by atoms with Gasteiger partial charge < -0.3 is 5.73 Å². The van der Waals surface area contributed by atoms with Crippen molar-refractivity contribution in [1.29, 1.82) is 0 Å². The third kappa shape index (κ3) is 3.63. The lowest BCUT2D eigenvalue weighted by atomic mass is 9.86. The highest BCUT2D eigenvalue weighted by atomic mass is 32.2. The molecule has 0 bridgehead atoms. The van der Waals surface area contributed by atoms with Gasteiger partial charge in [-0.1, -0.05) is 0 Å². The molecule has 3 N–H and O–H groups in total. The molecule has 0 aliphatic heterocycles. The number of hydrogen-bond acceptors (Lipinski definition) is 4. The summed E-state index contributed by atoms with van der Waals surface area (Å²) in [6.07, 6.45) is 3.94. The minimum atomic E-state index is -3.42. The Morgan fingerprint density at radius 3 is 2.21 bits per heavy atom. The smallest absolute Gasteiger partial charge is 0.236 e. The summed E-state index contributed by atoms with van der Waals surface area (Å²) in [5.74, 6) is -0.580. The predicted octanol–water partition coefficient (Wildman–Crippen LogP) is -0.420. The molecule has 1 rings (SSSR count). The van der Waals surface area contributed by atoms with E-state index >= 15 is 0 Å². The van der Waals surface area contributed by atoms with Crippen LogP contribution in [0.15, 0.2) is 0 Å². The monoisotopic (exact) mass is 220 g/mol. The molecule has 82 valence electrons. The van der Waals surface area contributed by atoms with Gasteiger partial charge in [0.25, 0.3) is 0 Å². The molecule has 0 heterocycles. The number of rotatable bonds is 2. The average Bonchev–Trinajstić information content (AvgIpc) is 2.02. The molecule has 0 aromatic heterocycles. The maximum Gasteiger partial charge on any atom is 0.236 e. The number of carbonyl (C=O) groups excluding carboxylic acids is 1. The van der Waals surface area contributed by atoms with Gasteiger partial charge in [0.2, 0.25) is 15.9 Å². The van der Waals surface area contributed by atoms with E-state index in [-0.39, 0.29) is 17.9 Å². The number of amides is 1. The zero-order chi connectivity index (χ0) is 10.8. The Morgan fingerprint density at radius 2 is 1.79 bits per heavy atom. The maximum atomic E-state index is 11.4. The summed E-state index contributed by atoms with van der Waals surface area (Å²) in [4.78, 5) is 11.4. The molecule has 1 amide bonds. The van der Waals surface area contributed by atoms with Gasteiger partial charge in [0.05, 0.1) is 6.26 Å². The van der Waals surface area contributed by atoms with E-state index in [1.165, 1.54) is 0 Å². The minimum Gasteiger partial charge on any atom is -0.328 e. The third-order valence-corrected chi connectivity index (χ3v) is 3.00. The molecule has 1 saturated carbocycles. The summed E-state index contributed by atoms with van der Waals surface area (Å²) in [5, 5.41) is 0. The van der Waals surface area contributed by atoms with E-state index in [4.69, 9.17) is 5.73 Å². The molecule has 0 spiro atoms. The van der Waals surface area contributed by atoms with Crippen LogP contribution in [-0.2, 0) is 14.8 Å². The van der Waals surface area contributed by atoms with Crippen molar-refractivity contribution in [3.8, 4) is 0 Å². The zero-order valence-corrected chi connectivity index (χ0v) is 9.01. The Bertz CT molecular complexity index is 305. The SMILES string of the molecule is CS(=O)(=O)NC(=O)C1CCC(N)CC1. The van der Waals surface area contributed by atoms with Crippen LogP contribution in [0.3, 0.4) is 0 Å². The van der Waals surface area contributed by atoms with Crippen LogP contribution < -0.4 is 10.5 Å². The van der Waals surface area contributed by atoms with E-state index in [0.717, 1.165) is 19.1 Å². The van der Waals surface area contributed by atoms with Crippen LogP contribution >= 0.6 is 0 Å². The topological polar surface area (TPSA) is 89.3 Å². The van der Waals surface area contributed by atoms with Gasteiger partial charge in [0, 0.05) is 12.0 Å². The van der Waals surface area contributed by atoms with E-state index in [9.17, 15) is 13.2 Å². The van der Waals surface area contributed by atoms with E-state index < -0.39 is 10.0 Å². The molecule has 6 heteroatoms. The lowest BCUT2D eigenvalue weighted by Crippen LogP contribution is -2.38. The van der Waals surface area contributed by atoms with Crippen molar-refractivity contribution in [2.75, 3.05) is 6.26 Å². The Hall–Kier alpha value is -0.620. The normalized spacial score (nSPS) is 28.4. The standard InChI is InChI=1S/C8H16N2O3S/c1-14(12,13)10-8(11)6-2-4-7(9)5-3-6/h6-7H,2-5,9H2,1H3,(H,10,11). The Morgan fingerprint density at radius 1 is 1.29 bits per heavy atom. The van der Waals surface area contributed by atoms with Crippen molar-refractivity contribution in [3.63, 3.8) is 0 Å². The summed E-state index contributed by atoms with van der Waals surface area (Å²) in [6.45, 7) is 0. The van der Waals surface area contributed by atoms with Crippen molar-refractivity contribution in [2.45, 2.75) is 31.7 Å². The Labute approximate surface area is 84.1 Å². The second-order valence-corrected chi connectivity index (χ2v) is 5.60. The number of carbonyl (C=O) groups is 1. The second kappa shape index (κ2) is 4.27. The molecule has 1 aliphatic carbocycles. The molecule has 0 aromatic carbocycles. The summed E-state index contributed by atoms with van der Waals surface area (Å²) < 4.78 is 23.6. The Balaban J connectivity index is 2.46. The fourth-order valence-electron chi connectivity index (χ4n) is 1.65. The fourth-order valence-corrected chi connectivity index (χ4v) is 2.18. The summed E-state index contributed by atoms with van der Waals surface area (Å²) in [6, 6.07) is 0.164. The van der Waals surface area contributed by atoms with Crippen LogP contribution in [0.25, 0.3) is 0 Å². The molecule has 1 aliphatic rings. The van der Waals surface area contributed by atoms with Crippen molar-refractivity contribution >= 4 is 15.9 Å². The number of nitrogens with one attached hydrogen (secondary N) is 1. The molecule has 0 radical (unpaired) electrons. The van der Waals surface area contributed by atoms with Gasteiger partial charge in [-0.15, -0.1) is 0 Å². The molecule has 5 nitrogen and oxygen atoms in total. The second-order valence-electron chi connectivity index (χ2n) is 3.85. The molecule has 0 unspecified atom stereocenters. The summed E-state index contributed by atoms with van der Waals surface area (Å²) in [7, 11) is -3.42. The quantitative estimate of drug-likeness (QED) is 0.661. The largest absolute Gasteiger partial charge is 0.328 e. The lowest BCUT2D eigenvalue weighted by Gasteiger charge is -2.24. The van der Waals surface area contributed by atoms with Gasteiger partial charge >= 0.3 is 0 Å². The van der Waals surface area contributed by atoms with Gasteiger partial charge in [0.1, 0.15) is 0 Å². The van der Waals surface area contributed by atoms with Crippen molar-refractivity contribution in [2.24, 2.45) is 11.7 Å². The van der Waals surface area contributed by atoms with E-state index in [1.54, 1.807) is 0 Å². The molecular formula is C8H16N2O3S. The molecule has 0 saturated heterocycles. The number of sulfonamides is 1. The van der Waals surface area contributed by atoms with Gasteiger partial charge in [-0.25, -0.2) is 8.42 Å². The van der Waals surface area contributed by atoms with Crippen LogP contribution in [0.4, 0.5) is 0 Å². The highest BCUT2D eigenvalue weighted by Gasteiger charge is 2.25. The number of hydrogen-bond donors (Lipinski definition) is 2. The number of nitrogens with two attached hydrogens (primary N) is 1. The van der Waals surface area contributed by atoms with Gasteiger partial charge in [0.15, 0.2) is 0 Å². The highest BCUT2D eigenvalue weighted by molar-refractivity contribution is 7.89. The van der Waals surface area contributed by atoms with Crippen LogP contribution in [0.5, 0.6) is 0 Å². The maximum absolute atomic E-state index is 11.4.